The van der Waals surface area contributed by atoms with Crippen LogP contribution in [0.25, 0.3) is 10.9 Å². The molecule has 3 aromatic rings. The van der Waals surface area contributed by atoms with Crippen molar-refractivity contribution in [3.63, 3.8) is 0 Å². The smallest absolute Gasteiger partial charge is 0.278 e. The molecule has 1 fully saturated rings. The lowest BCUT2D eigenvalue weighted by Gasteiger charge is -2.36. The molecule has 1 aliphatic heterocycles. The molecule has 1 amide bonds. The number of anilines is 1. The van der Waals surface area contributed by atoms with Crippen molar-refractivity contribution >= 4 is 28.2 Å². The van der Waals surface area contributed by atoms with Gasteiger partial charge < -0.3 is 10.2 Å². The van der Waals surface area contributed by atoms with Crippen LogP contribution in [0.15, 0.2) is 60.8 Å². The molecule has 0 aliphatic carbocycles. The quantitative estimate of drug-likeness (QED) is 0.501. The van der Waals surface area contributed by atoms with E-state index in [1.807, 2.05) is 30.3 Å². The van der Waals surface area contributed by atoms with Crippen molar-refractivity contribution < 1.29 is 9.72 Å². The number of hydrogen-bond acceptors (Lipinski definition) is 6. The lowest BCUT2D eigenvalue weighted by Crippen LogP contribution is -2.49. The molecule has 1 aliphatic rings. The van der Waals surface area contributed by atoms with E-state index in [0.717, 1.165) is 37.4 Å². The molecule has 1 N–H and O–H groups in total. The van der Waals surface area contributed by atoms with Crippen LogP contribution in [-0.2, 0) is 11.3 Å². The van der Waals surface area contributed by atoms with E-state index < -0.39 is 0 Å². The monoisotopic (exact) mass is 405 g/mol. The molecule has 0 unspecified atom stereocenters. The summed E-state index contributed by atoms with van der Waals surface area (Å²) in [5.74, 6) is 0.00903. The molecule has 8 nitrogen and oxygen atoms in total. The van der Waals surface area contributed by atoms with Crippen molar-refractivity contribution in [3.8, 4) is 0 Å². The Balaban J connectivity index is 1.36. The molecule has 4 rings (SSSR count). The van der Waals surface area contributed by atoms with Gasteiger partial charge in [-0.3, -0.25) is 24.8 Å². The first-order chi connectivity index (χ1) is 14.6. The maximum Gasteiger partial charge on any atom is 0.278 e. The second kappa shape index (κ2) is 8.87. The number of nitrogens with one attached hydrogen (secondary N) is 1. The van der Waals surface area contributed by atoms with Crippen LogP contribution in [0.3, 0.4) is 0 Å². The average molecular weight is 405 g/mol. The van der Waals surface area contributed by atoms with Crippen LogP contribution in [0.2, 0.25) is 0 Å². The summed E-state index contributed by atoms with van der Waals surface area (Å²) < 4.78 is 0. The number of fused-ring (bicyclic) bond motifs is 1. The fourth-order valence-electron chi connectivity index (χ4n) is 3.76. The zero-order valence-electron chi connectivity index (χ0n) is 16.5. The number of non-ortho nitro benzene ring substituents is 1. The number of benzene rings is 2. The Morgan fingerprint density at radius 2 is 1.80 bits per heavy atom. The topological polar surface area (TPSA) is 91.6 Å². The van der Waals surface area contributed by atoms with Crippen molar-refractivity contribution in [1.29, 1.82) is 0 Å². The average Bonchev–Trinajstić information content (AvgIpc) is 2.78. The first-order valence-electron chi connectivity index (χ1n) is 9.92. The van der Waals surface area contributed by atoms with Crippen molar-refractivity contribution in [2.45, 2.75) is 6.54 Å². The summed E-state index contributed by atoms with van der Waals surface area (Å²) in [5, 5.41) is 14.8. The summed E-state index contributed by atoms with van der Waals surface area (Å²) in [5.41, 5.74) is 2.67. The number of nitrogens with zero attached hydrogens (tertiary/aromatic N) is 4. The van der Waals surface area contributed by atoms with Gasteiger partial charge in [-0.1, -0.05) is 30.3 Å². The minimum Gasteiger partial charge on any atom is -0.367 e. The molecular formula is C22H23N5O3. The van der Waals surface area contributed by atoms with Gasteiger partial charge in [-0.2, -0.15) is 0 Å². The highest BCUT2D eigenvalue weighted by Gasteiger charge is 2.23. The highest BCUT2D eigenvalue weighted by atomic mass is 16.6. The first-order valence-corrected chi connectivity index (χ1v) is 9.92. The van der Waals surface area contributed by atoms with Crippen LogP contribution >= 0.6 is 0 Å². The number of carbonyl (C=O) groups is 1. The fraction of sp³-hybridized carbons (Fsp3) is 0.273. The Kier molecular flexibility index (Phi) is 5.85. The van der Waals surface area contributed by atoms with Crippen LogP contribution in [0.1, 0.15) is 5.56 Å². The number of pyridine rings is 1. The van der Waals surface area contributed by atoms with E-state index in [1.54, 1.807) is 30.5 Å². The van der Waals surface area contributed by atoms with Gasteiger partial charge in [0.05, 0.1) is 22.5 Å². The summed E-state index contributed by atoms with van der Waals surface area (Å²) in [6.07, 6.45) is 1.66. The van der Waals surface area contributed by atoms with Gasteiger partial charge in [0.15, 0.2) is 0 Å². The van der Waals surface area contributed by atoms with E-state index >= 15 is 0 Å². The minimum atomic E-state index is -0.375. The van der Waals surface area contributed by atoms with Gasteiger partial charge in [0.2, 0.25) is 5.91 Å². The maximum atomic E-state index is 12.3. The van der Waals surface area contributed by atoms with Crippen molar-refractivity contribution in [2.75, 3.05) is 37.6 Å². The number of hydrogen-bond donors (Lipinski definition) is 1. The third-order valence-corrected chi connectivity index (χ3v) is 5.33. The van der Waals surface area contributed by atoms with Crippen LogP contribution < -0.4 is 10.2 Å². The molecule has 2 heterocycles. The molecule has 0 saturated carbocycles. The van der Waals surface area contributed by atoms with Crippen LogP contribution in [0, 0.1) is 10.1 Å². The number of nitro benzene ring substituents is 1. The Labute approximate surface area is 174 Å². The highest BCUT2D eigenvalue weighted by Crippen LogP contribution is 2.32. The van der Waals surface area contributed by atoms with Gasteiger partial charge in [-0.05, 0) is 23.8 Å². The molecule has 0 spiro atoms. The second-order valence-corrected chi connectivity index (χ2v) is 7.29. The molecule has 30 heavy (non-hydrogen) atoms. The second-order valence-electron chi connectivity index (χ2n) is 7.29. The third kappa shape index (κ3) is 4.38. The van der Waals surface area contributed by atoms with Gasteiger partial charge in [0.25, 0.3) is 5.69 Å². The fourth-order valence-corrected chi connectivity index (χ4v) is 3.76. The molecule has 0 bridgehead atoms. The van der Waals surface area contributed by atoms with Gasteiger partial charge in [-0.25, -0.2) is 0 Å². The lowest BCUT2D eigenvalue weighted by molar-refractivity contribution is -0.383. The molecule has 2 aromatic carbocycles. The molecular weight excluding hydrogens is 382 g/mol. The zero-order chi connectivity index (χ0) is 20.9. The SMILES string of the molecule is O=C(CN1CCN(c2ccc([N+](=O)[O-])c3cccnc23)CC1)NCc1ccccc1. The summed E-state index contributed by atoms with van der Waals surface area (Å²) in [7, 11) is 0. The number of rotatable bonds is 6. The van der Waals surface area contributed by atoms with Gasteiger partial charge in [0, 0.05) is 45.0 Å². The number of nitro groups is 1. The molecule has 1 saturated heterocycles. The van der Waals surface area contributed by atoms with Gasteiger partial charge in [0.1, 0.15) is 5.52 Å². The van der Waals surface area contributed by atoms with Gasteiger partial charge >= 0.3 is 0 Å². The van der Waals surface area contributed by atoms with E-state index in [-0.39, 0.29) is 16.5 Å². The van der Waals surface area contributed by atoms with Crippen LogP contribution in [0.5, 0.6) is 0 Å². The minimum absolute atomic E-state index is 0.00903. The van der Waals surface area contributed by atoms with Crippen molar-refractivity contribution in [1.82, 2.24) is 15.2 Å². The normalized spacial score (nSPS) is 14.6. The Bertz CT molecular complexity index is 1050. The van der Waals surface area contributed by atoms with E-state index in [9.17, 15) is 14.9 Å². The van der Waals surface area contributed by atoms with E-state index in [0.29, 0.717) is 24.0 Å². The predicted molar refractivity (Wildman–Crippen MR) is 115 cm³/mol. The molecule has 154 valence electrons. The molecule has 0 radical (unpaired) electrons. The third-order valence-electron chi connectivity index (χ3n) is 5.33. The standard InChI is InChI=1S/C22H23N5O3/c28-21(24-15-17-5-2-1-3-6-17)16-25-11-13-26(14-12-25)20-9-8-19(27(29)30)18-7-4-10-23-22(18)20/h1-10H,11-16H2,(H,24,28). The maximum absolute atomic E-state index is 12.3. The lowest BCUT2D eigenvalue weighted by atomic mass is 10.1. The van der Waals surface area contributed by atoms with E-state index in [2.05, 4.69) is 20.1 Å². The summed E-state index contributed by atoms with van der Waals surface area (Å²) in [6.45, 7) is 3.83. The van der Waals surface area contributed by atoms with Crippen molar-refractivity contribution in [3.05, 3.63) is 76.5 Å². The molecule has 8 heteroatoms. The highest BCUT2D eigenvalue weighted by molar-refractivity contribution is 5.97. The number of amides is 1. The van der Waals surface area contributed by atoms with Crippen LogP contribution in [0.4, 0.5) is 11.4 Å². The number of piperazine rings is 1. The zero-order valence-corrected chi connectivity index (χ0v) is 16.5. The van der Waals surface area contributed by atoms with Gasteiger partial charge in [-0.15, -0.1) is 0 Å². The summed E-state index contributed by atoms with van der Waals surface area (Å²) >= 11 is 0. The van der Waals surface area contributed by atoms with E-state index in [1.165, 1.54) is 0 Å². The summed E-state index contributed by atoms with van der Waals surface area (Å²) in [4.78, 5) is 31.9. The Morgan fingerprint density at radius 1 is 1.03 bits per heavy atom. The largest absolute Gasteiger partial charge is 0.367 e. The number of aromatic nitrogens is 1. The molecule has 1 aromatic heterocycles. The first kappa shape index (κ1) is 19.8. The van der Waals surface area contributed by atoms with Crippen LogP contribution in [-0.4, -0.2) is 53.4 Å². The Morgan fingerprint density at radius 3 is 2.53 bits per heavy atom. The predicted octanol–water partition coefficient (Wildman–Crippen LogP) is 2.58. The Hall–Kier alpha value is -3.52. The van der Waals surface area contributed by atoms with E-state index in [4.69, 9.17) is 0 Å². The van der Waals surface area contributed by atoms with Crippen molar-refractivity contribution in [2.24, 2.45) is 0 Å². The molecule has 0 atom stereocenters. The number of carbonyl (C=O) groups excluding carboxylic acids is 1. The summed E-state index contributed by atoms with van der Waals surface area (Å²) in [6, 6.07) is 16.6.